The van der Waals surface area contributed by atoms with E-state index in [4.69, 9.17) is 0 Å². The van der Waals surface area contributed by atoms with Gasteiger partial charge in [0.15, 0.2) is 5.13 Å². The summed E-state index contributed by atoms with van der Waals surface area (Å²) < 4.78 is 0. The molecule has 0 fully saturated rings. The van der Waals surface area contributed by atoms with Gasteiger partial charge in [0.1, 0.15) is 12.1 Å². The quantitative estimate of drug-likeness (QED) is 0.547. The molecule has 10 heteroatoms. The van der Waals surface area contributed by atoms with Crippen molar-refractivity contribution < 1.29 is 4.79 Å². The van der Waals surface area contributed by atoms with Crippen molar-refractivity contribution in [2.45, 2.75) is 24.3 Å². The van der Waals surface area contributed by atoms with Gasteiger partial charge < -0.3 is 10.6 Å². The minimum Gasteiger partial charge on any atom is -0.369 e. The molecule has 1 aliphatic rings. The van der Waals surface area contributed by atoms with Crippen LogP contribution in [0.2, 0.25) is 0 Å². The lowest BCUT2D eigenvalue weighted by molar-refractivity contribution is 0.251. The number of rotatable bonds is 7. The molecule has 3 N–H and O–H groups in total. The van der Waals surface area contributed by atoms with Gasteiger partial charge in [-0.15, -0.1) is 23.1 Å². The number of carbonyl (C=O) groups is 1. The number of nitrogens with one attached hydrogen (secondary N) is 3. The number of fused-ring (bicyclic) bond motifs is 1. The number of anilines is 2. The zero-order valence-corrected chi connectivity index (χ0v) is 16.6. The number of aromatic nitrogens is 4. The zero-order chi connectivity index (χ0) is 19.2. The number of hydrogen-bond donors (Lipinski definition) is 3. The number of amides is 2. The molecular formula is C18H19N7OS2. The normalized spacial score (nSPS) is 12.4. The van der Waals surface area contributed by atoms with Gasteiger partial charge in [0.25, 0.3) is 0 Å². The molecule has 0 atom stereocenters. The topological polar surface area (TPSA) is 105 Å². The fourth-order valence-corrected chi connectivity index (χ4v) is 4.61. The first-order valence-electron chi connectivity index (χ1n) is 8.87. The molecule has 0 aliphatic carbocycles. The molecule has 28 heavy (non-hydrogen) atoms. The van der Waals surface area contributed by atoms with Crippen LogP contribution in [0.25, 0.3) is 0 Å². The number of pyridine rings is 1. The van der Waals surface area contributed by atoms with E-state index < -0.39 is 0 Å². The second-order valence-corrected chi connectivity index (χ2v) is 8.29. The molecular weight excluding hydrogens is 394 g/mol. The van der Waals surface area contributed by atoms with Crippen LogP contribution in [0.4, 0.5) is 15.7 Å². The second-order valence-electron chi connectivity index (χ2n) is 6.07. The number of aryl methyl sites for hydroxylation is 1. The molecule has 3 aromatic rings. The van der Waals surface area contributed by atoms with Gasteiger partial charge in [-0.3, -0.25) is 10.3 Å². The predicted molar refractivity (Wildman–Crippen MR) is 111 cm³/mol. The van der Waals surface area contributed by atoms with Crippen molar-refractivity contribution in [1.82, 2.24) is 25.3 Å². The molecule has 0 unspecified atom stereocenters. The number of carbonyl (C=O) groups excluding carboxylic acids is 1. The van der Waals surface area contributed by atoms with E-state index in [0.717, 1.165) is 47.1 Å². The van der Waals surface area contributed by atoms with Gasteiger partial charge in [0.2, 0.25) is 0 Å². The smallest absolute Gasteiger partial charge is 0.321 e. The Hall–Kier alpha value is -2.72. The maximum Gasteiger partial charge on any atom is 0.321 e. The van der Waals surface area contributed by atoms with E-state index in [9.17, 15) is 4.79 Å². The highest BCUT2D eigenvalue weighted by atomic mass is 32.2. The molecule has 0 saturated heterocycles. The molecule has 0 saturated carbocycles. The number of urea groups is 1. The highest BCUT2D eigenvalue weighted by molar-refractivity contribution is 7.99. The van der Waals surface area contributed by atoms with E-state index >= 15 is 0 Å². The highest BCUT2D eigenvalue weighted by Gasteiger charge is 2.17. The Morgan fingerprint density at radius 1 is 1.18 bits per heavy atom. The van der Waals surface area contributed by atoms with Crippen LogP contribution in [-0.2, 0) is 19.4 Å². The average molecular weight is 414 g/mol. The predicted octanol–water partition coefficient (Wildman–Crippen LogP) is 2.95. The average Bonchev–Trinajstić information content (AvgIpc) is 3.37. The zero-order valence-electron chi connectivity index (χ0n) is 15.0. The Balaban J connectivity index is 1.23. The minimum absolute atomic E-state index is 0.274. The van der Waals surface area contributed by atoms with E-state index in [2.05, 4.69) is 35.9 Å². The van der Waals surface area contributed by atoms with Gasteiger partial charge in [0.05, 0.1) is 10.6 Å². The maximum absolute atomic E-state index is 12.0. The number of hydrogen-bond acceptors (Lipinski definition) is 8. The van der Waals surface area contributed by atoms with Crippen molar-refractivity contribution in [2.24, 2.45) is 0 Å². The van der Waals surface area contributed by atoms with Crippen molar-refractivity contribution >= 4 is 40.1 Å². The molecule has 8 nitrogen and oxygen atoms in total. The van der Waals surface area contributed by atoms with E-state index in [1.54, 1.807) is 36.7 Å². The number of thioether (sulfide) groups is 1. The van der Waals surface area contributed by atoms with Crippen LogP contribution < -0.4 is 16.0 Å². The first kappa shape index (κ1) is 18.6. The third-order valence-corrected chi connectivity index (χ3v) is 6.20. The van der Waals surface area contributed by atoms with E-state index in [-0.39, 0.29) is 6.03 Å². The van der Waals surface area contributed by atoms with Gasteiger partial charge >= 0.3 is 6.03 Å². The third kappa shape index (κ3) is 4.76. The van der Waals surface area contributed by atoms with Crippen molar-refractivity contribution in [3.63, 3.8) is 0 Å². The van der Waals surface area contributed by atoms with Crippen molar-refractivity contribution in [1.29, 1.82) is 0 Å². The van der Waals surface area contributed by atoms with Crippen molar-refractivity contribution in [3.05, 3.63) is 53.2 Å². The number of nitrogens with zero attached hydrogens (tertiary/aromatic N) is 4. The second kappa shape index (κ2) is 8.98. The van der Waals surface area contributed by atoms with Crippen molar-refractivity contribution in [3.8, 4) is 0 Å². The van der Waals surface area contributed by atoms with E-state index in [1.165, 1.54) is 16.2 Å². The summed E-state index contributed by atoms with van der Waals surface area (Å²) in [5.41, 5.74) is 2.12. The van der Waals surface area contributed by atoms with Crippen LogP contribution in [0.15, 0.2) is 41.9 Å². The Morgan fingerprint density at radius 3 is 2.96 bits per heavy atom. The Labute approximate surface area is 170 Å². The minimum atomic E-state index is -0.274. The van der Waals surface area contributed by atoms with E-state index in [1.807, 2.05) is 12.1 Å². The van der Waals surface area contributed by atoms with Crippen LogP contribution in [0.3, 0.4) is 0 Å². The monoisotopic (exact) mass is 413 g/mol. The SMILES string of the molecule is O=C(NCc1ccncc1)Nc1ncc(CCNc2ncnc3c2SCC3)s1. The number of thiazole rings is 1. The Morgan fingerprint density at radius 2 is 2.07 bits per heavy atom. The van der Waals surface area contributed by atoms with Crippen LogP contribution >= 0.6 is 23.1 Å². The first-order chi connectivity index (χ1) is 13.8. The molecule has 4 rings (SSSR count). The molecule has 0 spiro atoms. The molecule has 4 heterocycles. The van der Waals surface area contributed by atoms with E-state index in [0.29, 0.717) is 11.7 Å². The van der Waals surface area contributed by atoms with Crippen molar-refractivity contribution in [2.75, 3.05) is 22.9 Å². The van der Waals surface area contributed by atoms with Gasteiger partial charge in [-0.1, -0.05) is 0 Å². The van der Waals surface area contributed by atoms with Gasteiger partial charge in [-0.05, 0) is 17.7 Å². The van der Waals surface area contributed by atoms with Crippen LogP contribution in [0.1, 0.15) is 16.1 Å². The van der Waals surface area contributed by atoms with Crippen LogP contribution in [0, 0.1) is 0 Å². The summed E-state index contributed by atoms with van der Waals surface area (Å²) in [5.74, 6) is 1.97. The molecule has 1 aliphatic heterocycles. The summed E-state index contributed by atoms with van der Waals surface area (Å²) in [6.45, 7) is 1.19. The fourth-order valence-electron chi connectivity index (χ4n) is 2.72. The standard InChI is InChI=1S/C18H19N7OS2/c26-17(21-9-12-1-5-19-6-2-12)25-18-22-10-13(28-18)3-7-20-16-15-14(4-8-27-15)23-11-24-16/h1-2,5-6,10-11H,3-4,7-9H2,(H,20,23,24)(H2,21,22,25,26). The highest BCUT2D eigenvalue weighted by Crippen LogP contribution is 2.34. The summed E-state index contributed by atoms with van der Waals surface area (Å²) in [6, 6.07) is 3.45. The fraction of sp³-hybridized carbons (Fsp3) is 0.278. The summed E-state index contributed by atoms with van der Waals surface area (Å²) in [6.07, 6.45) is 8.62. The molecule has 3 aromatic heterocycles. The molecule has 0 aromatic carbocycles. The lowest BCUT2D eigenvalue weighted by atomic mass is 10.3. The molecule has 0 bridgehead atoms. The largest absolute Gasteiger partial charge is 0.369 e. The Bertz CT molecular complexity index is 948. The summed E-state index contributed by atoms with van der Waals surface area (Å²) in [5, 5.41) is 9.55. The van der Waals surface area contributed by atoms with Gasteiger partial charge in [-0.2, -0.15) is 0 Å². The summed E-state index contributed by atoms with van der Waals surface area (Å²) >= 11 is 3.27. The van der Waals surface area contributed by atoms with Gasteiger partial charge in [-0.25, -0.2) is 19.7 Å². The molecule has 0 radical (unpaired) electrons. The van der Waals surface area contributed by atoms with Crippen LogP contribution in [0.5, 0.6) is 0 Å². The van der Waals surface area contributed by atoms with Gasteiger partial charge in [0, 0.05) is 55.2 Å². The van der Waals surface area contributed by atoms with Crippen LogP contribution in [-0.4, -0.2) is 38.3 Å². The Kier molecular flexibility index (Phi) is 5.98. The lowest BCUT2D eigenvalue weighted by Crippen LogP contribution is -2.28. The first-order valence-corrected chi connectivity index (χ1v) is 10.7. The third-order valence-electron chi connectivity index (χ3n) is 4.10. The maximum atomic E-state index is 12.0. The summed E-state index contributed by atoms with van der Waals surface area (Å²) in [4.78, 5) is 31.2. The summed E-state index contributed by atoms with van der Waals surface area (Å²) in [7, 11) is 0. The molecule has 2 amide bonds. The molecule has 144 valence electrons. The lowest BCUT2D eigenvalue weighted by Gasteiger charge is -2.08.